The summed E-state index contributed by atoms with van der Waals surface area (Å²) < 4.78 is 0. The lowest BCUT2D eigenvalue weighted by atomic mass is 9.70. The van der Waals surface area contributed by atoms with E-state index in [9.17, 15) is 0 Å². The summed E-state index contributed by atoms with van der Waals surface area (Å²) in [6.07, 6.45) is 0. The van der Waals surface area contributed by atoms with Crippen molar-refractivity contribution >= 4 is 88.0 Å². The molecule has 2 aliphatic rings. The monoisotopic (exact) mass is 944 g/mol. The van der Waals surface area contributed by atoms with E-state index in [-0.39, 0.29) is 10.8 Å². The number of para-hydroxylation sites is 4. The molecule has 0 N–H and O–H groups in total. The van der Waals surface area contributed by atoms with Gasteiger partial charge < -0.3 is 9.80 Å². The molecule has 2 aliphatic heterocycles. The fraction of sp³-hybridized carbons (Fsp3) is 0.0833. The van der Waals surface area contributed by atoms with Gasteiger partial charge in [0.2, 0.25) is 0 Å². The van der Waals surface area contributed by atoms with Crippen molar-refractivity contribution < 1.29 is 0 Å². The molecule has 0 amide bonds. The number of rotatable bonds is 5. The molecule has 0 atom stereocenters. The Kier molecular flexibility index (Phi) is 9.09. The average molecular weight is 945 g/mol. The molecule has 2 heterocycles. The smallest absolute Gasteiger partial charge is 0.0508 e. The Morgan fingerprint density at radius 2 is 0.676 bits per heavy atom. The first-order valence-corrected chi connectivity index (χ1v) is 26.1. The predicted molar refractivity (Wildman–Crippen MR) is 315 cm³/mol. The summed E-state index contributed by atoms with van der Waals surface area (Å²) in [6, 6.07) is 91.2. The van der Waals surface area contributed by atoms with Crippen LogP contribution in [0.3, 0.4) is 0 Å². The lowest BCUT2D eigenvalue weighted by Gasteiger charge is -2.43. The van der Waals surface area contributed by atoms with Gasteiger partial charge in [0.05, 0.1) is 22.7 Å². The van der Waals surface area contributed by atoms with Gasteiger partial charge in [0, 0.05) is 22.2 Å². The van der Waals surface area contributed by atoms with Crippen LogP contribution in [0.5, 0.6) is 0 Å². The van der Waals surface area contributed by atoms with E-state index in [1.807, 2.05) is 0 Å². The third-order valence-corrected chi connectivity index (χ3v) is 16.9. The van der Waals surface area contributed by atoms with Gasteiger partial charge in [-0.1, -0.05) is 210 Å². The quantitative estimate of drug-likeness (QED) is 0.125. The van der Waals surface area contributed by atoms with Crippen molar-refractivity contribution in [3.8, 4) is 33.4 Å². The molecule has 15 rings (SSSR count). The fourth-order valence-corrected chi connectivity index (χ4v) is 13.7. The van der Waals surface area contributed by atoms with E-state index < -0.39 is 0 Å². The van der Waals surface area contributed by atoms with Gasteiger partial charge in [-0.25, -0.2) is 0 Å². The number of nitrogens with zero attached hydrogens (tertiary/aromatic N) is 2. The summed E-state index contributed by atoms with van der Waals surface area (Å²) in [5.41, 5.74) is 19.3. The summed E-state index contributed by atoms with van der Waals surface area (Å²) in [4.78, 5) is 4.96. The number of fused-ring (bicyclic) bond motifs is 6. The van der Waals surface area contributed by atoms with Gasteiger partial charge in [-0.2, -0.15) is 0 Å². The Balaban J connectivity index is 1.08. The van der Waals surface area contributed by atoms with Crippen molar-refractivity contribution in [2.75, 3.05) is 9.80 Å². The van der Waals surface area contributed by atoms with E-state index in [2.05, 4.69) is 280 Å². The SMILES string of the molecule is CC1(C)c2ccccc2N(c2ccccc2)c2cccc(-c3cccc4c(-c5cc6cccc7ccc8cccc5c8c76)c5cccc(-c6cccc7c6C(C)(C)c6ccccc6N7c6ccccc6)c5cc34)c21. The molecule has 0 saturated carbocycles. The number of benzene rings is 13. The molecule has 2 heteroatoms. The molecule has 0 unspecified atom stereocenters. The van der Waals surface area contributed by atoms with Crippen LogP contribution in [-0.4, -0.2) is 0 Å². The molecule has 74 heavy (non-hydrogen) atoms. The minimum atomic E-state index is -0.319. The largest absolute Gasteiger partial charge is 0.310 e. The highest BCUT2D eigenvalue weighted by atomic mass is 15.2. The Hall–Kier alpha value is -8.98. The van der Waals surface area contributed by atoms with Crippen molar-refractivity contribution in [2.24, 2.45) is 0 Å². The van der Waals surface area contributed by atoms with Gasteiger partial charge in [-0.3, -0.25) is 0 Å². The number of hydrogen-bond acceptors (Lipinski definition) is 2. The maximum Gasteiger partial charge on any atom is 0.0508 e. The summed E-state index contributed by atoms with van der Waals surface area (Å²) in [6.45, 7) is 9.68. The molecule has 0 saturated heterocycles. The summed E-state index contributed by atoms with van der Waals surface area (Å²) in [5, 5.41) is 12.7. The minimum Gasteiger partial charge on any atom is -0.310 e. The molecule has 350 valence electrons. The maximum atomic E-state index is 2.55. The first-order valence-electron chi connectivity index (χ1n) is 26.1. The van der Waals surface area contributed by atoms with Crippen LogP contribution >= 0.6 is 0 Å². The zero-order chi connectivity index (χ0) is 49.5. The predicted octanol–water partition coefficient (Wildman–Crippen LogP) is 20.1. The van der Waals surface area contributed by atoms with Crippen LogP contribution in [0.15, 0.2) is 243 Å². The van der Waals surface area contributed by atoms with E-state index >= 15 is 0 Å². The van der Waals surface area contributed by atoms with E-state index in [1.165, 1.54) is 132 Å². The van der Waals surface area contributed by atoms with E-state index in [0.717, 1.165) is 11.4 Å². The van der Waals surface area contributed by atoms with Crippen molar-refractivity contribution in [2.45, 2.75) is 38.5 Å². The highest BCUT2D eigenvalue weighted by Crippen LogP contribution is 2.58. The van der Waals surface area contributed by atoms with E-state index in [4.69, 9.17) is 0 Å². The van der Waals surface area contributed by atoms with Crippen molar-refractivity contribution in [1.29, 1.82) is 0 Å². The topological polar surface area (TPSA) is 6.48 Å². The third-order valence-electron chi connectivity index (χ3n) is 16.9. The second-order valence-corrected chi connectivity index (χ2v) is 21.6. The van der Waals surface area contributed by atoms with Gasteiger partial charge in [-0.05, 0) is 170 Å². The van der Waals surface area contributed by atoms with E-state index in [1.54, 1.807) is 0 Å². The Morgan fingerprint density at radius 1 is 0.270 bits per heavy atom. The summed E-state index contributed by atoms with van der Waals surface area (Å²) >= 11 is 0. The summed E-state index contributed by atoms with van der Waals surface area (Å²) in [5.74, 6) is 0. The van der Waals surface area contributed by atoms with Crippen molar-refractivity contribution in [3.63, 3.8) is 0 Å². The van der Waals surface area contributed by atoms with Crippen molar-refractivity contribution in [1.82, 2.24) is 0 Å². The molecule has 0 spiro atoms. The lowest BCUT2D eigenvalue weighted by Crippen LogP contribution is -2.31. The minimum absolute atomic E-state index is 0.319. The highest BCUT2D eigenvalue weighted by molar-refractivity contribution is 6.30. The van der Waals surface area contributed by atoms with Gasteiger partial charge in [-0.15, -0.1) is 0 Å². The molecule has 0 bridgehead atoms. The first-order chi connectivity index (χ1) is 36.3. The Morgan fingerprint density at radius 3 is 1.22 bits per heavy atom. The average Bonchev–Trinajstić information content (AvgIpc) is 3.51. The summed E-state index contributed by atoms with van der Waals surface area (Å²) in [7, 11) is 0. The van der Waals surface area contributed by atoms with Gasteiger partial charge in [0.1, 0.15) is 0 Å². The maximum absolute atomic E-state index is 2.55. The molecule has 13 aromatic carbocycles. The zero-order valence-electron chi connectivity index (χ0n) is 42.0. The molecule has 0 aromatic heterocycles. The van der Waals surface area contributed by atoms with Crippen LogP contribution in [0.25, 0.3) is 87.2 Å². The Labute approximate surface area is 432 Å². The van der Waals surface area contributed by atoms with Crippen molar-refractivity contribution in [3.05, 3.63) is 265 Å². The normalized spacial score (nSPS) is 14.4. The van der Waals surface area contributed by atoms with Crippen LogP contribution in [0, 0.1) is 0 Å². The molecule has 13 aromatic rings. The number of anilines is 6. The van der Waals surface area contributed by atoms with Gasteiger partial charge in [0.15, 0.2) is 0 Å². The van der Waals surface area contributed by atoms with Crippen LogP contribution in [0.2, 0.25) is 0 Å². The fourth-order valence-electron chi connectivity index (χ4n) is 13.7. The van der Waals surface area contributed by atoms with Gasteiger partial charge >= 0.3 is 0 Å². The standard InChI is InChI=1S/C72H52N2/c1-71(2)60-35-11-13-37-62(60)73(48-24-7-5-8-25-48)64-39-19-33-55(69(64)71)50-28-17-31-52-57(50)44-58-51(56-34-20-40-65-70(56)72(3,4)61-36-12-14-38-63(61)74(65)49-26-9-6-10-27-49)29-18-32-53(58)68(52)59-43-47-23-15-21-45-41-42-46-22-16-30-54(59)67(46)66(45)47/h5-44H,1-4H3. The van der Waals surface area contributed by atoms with Crippen LogP contribution in [-0.2, 0) is 10.8 Å². The highest BCUT2D eigenvalue weighted by Gasteiger charge is 2.41. The zero-order valence-corrected chi connectivity index (χ0v) is 42.0. The lowest BCUT2D eigenvalue weighted by molar-refractivity contribution is 0.633. The third kappa shape index (κ3) is 5.94. The molecule has 0 aliphatic carbocycles. The molecule has 0 fully saturated rings. The second kappa shape index (κ2) is 15.8. The first kappa shape index (κ1) is 42.7. The number of hydrogen-bond donors (Lipinski definition) is 0. The molecular weight excluding hydrogens is 893 g/mol. The van der Waals surface area contributed by atoms with Crippen LogP contribution in [0.1, 0.15) is 49.9 Å². The van der Waals surface area contributed by atoms with E-state index in [0.29, 0.717) is 0 Å². The van der Waals surface area contributed by atoms with Crippen LogP contribution < -0.4 is 9.80 Å². The molecular formula is C72H52N2. The van der Waals surface area contributed by atoms with Crippen LogP contribution in [0.4, 0.5) is 34.1 Å². The van der Waals surface area contributed by atoms with Gasteiger partial charge in [0.25, 0.3) is 0 Å². The molecule has 0 radical (unpaired) electrons. The Bertz CT molecular complexity index is 4220. The molecule has 2 nitrogen and oxygen atoms in total. The second-order valence-electron chi connectivity index (χ2n) is 21.6.